The average molecular weight is 399 g/mol. The third kappa shape index (κ3) is 3.12. The lowest BCUT2D eigenvalue weighted by molar-refractivity contribution is 0.0709. The standard InChI is InChI=1S/C24H25N5O/c1-16-12-26-27-23(17(16)2)28-13-19-14-29(24(30)21-10-6-7-11-25-21)22(20(19)15-28)18-8-4-3-5-9-18/h3-12,19-20,22H,13-15H2,1-2H3/t19-,20-,22+/m0/s1. The SMILES string of the molecule is Cc1cnnc(N2C[C@H]3CN(C(=O)c4ccccn4)[C@H](c4ccccc4)[C@H]3C2)c1C. The number of anilines is 1. The van der Waals surface area contributed by atoms with Crippen molar-refractivity contribution in [3.63, 3.8) is 0 Å². The third-order valence-corrected chi connectivity index (χ3v) is 6.58. The molecule has 0 aliphatic carbocycles. The Hall–Kier alpha value is -3.28. The van der Waals surface area contributed by atoms with E-state index in [1.165, 1.54) is 11.1 Å². The van der Waals surface area contributed by atoms with Crippen LogP contribution in [-0.2, 0) is 0 Å². The van der Waals surface area contributed by atoms with Crippen LogP contribution < -0.4 is 4.90 Å². The summed E-state index contributed by atoms with van der Waals surface area (Å²) >= 11 is 0. The van der Waals surface area contributed by atoms with E-state index >= 15 is 0 Å². The molecular weight excluding hydrogens is 374 g/mol. The number of pyridine rings is 1. The van der Waals surface area contributed by atoms with E-state index in [2.05, 4.69) is 58.2 Å². The Kier molecular flexibility index (Phi) is 4.69. The number of aryl methyl sites for hydroxylation is 1. The molecule has 6 heteroatoms. The number of hydrogen-bond donors (Lipinski definition) is 0. The van der Waals surface area contributed by atoms with Crippen LogP contribution in [0.5, 0.6) is 0 Å². The normalized spacial score (nSPS) is 22.9. The molecule has 1 aromatic carbocycles. The van der Waals surface area contributed by atoms with Crippen LogP contribution in [0.1, 0.15) is 33.2 Å². The summed E-state index contributed by atoms with van der Waals surface area (Å²) in [5.74, 6) is 1.72. The zero-order valence-electron chi connectivity index (χ0n) is 17.3. The Labute approximate surface area is 176 Å². The first-order valence-corrected chi connectivity index (χ1v) is 10.4. The third-order valence-electron chi connectivity index (χ3n) is 6.58. The van der Waals surface area contributed by atoms with E-state index < -0.39 is 0 Å². The number of carbonyl (C=O) groups excluding carboxylic acids is 1. The van der Waals surface area contributed by atoms with Crippen molar-refractivity contribution in [1.29, 1.82) is 0 Å². The highest BCUT2D eigenvalue weighted by Crippen LogP contribution is 2.46. The molecule has 2 fully saturated rings. The molecule has 0 spiro atoms. The molecule has 0 bridgehead atoms. The van der Waals surface area contributed by atoms with Crippen LogP contribution in [0.25, 0.3) is 0 Å². The second-order valence-corrected chi connectivity index (χ2v) is 8.33. The summed E-state index contributed by atoms with van der Waals surface area (Å²) in [4.78, 5) is 22.0. The molecule has 5 rings (SSSR count). The van der Waals surface area contributed by atoms with Gasteiger partial charge < -0.3 is 9.80 Å². The number of fused-ring (bicyclic) bond motifs is 1. The second-order valence-electron chi connectivity index (χ2n) is 8.33. The number of benzene rings is 1. The van der Waals surface area contributed by atoms with E-state index in [-0.39, 0.29) is 11.9 Å². The van der Waals surface area contributed by atoms with Crippen molar-refractivity contribution < 1.29 is 4.79 Å². The van der Waals surface area contributed by atoms with Crippen molar-refractivity contribution in [2.24, 2.45) is 11.8 Å². The van der Waals surface area contributed by atoms with Crippen molar-refractivity contribution in [2.75, 3.05) is 24.5 Å². The maximum atomic E-state index is 13.3. The quantitative estimate of drug-likeness (QED) is 0.675. The first-order valence-electron chi connectivity index (χ1n) is 10.4. The summed E-state index contributed by atoms with van der Waals surface area (Å²) in [6.45, 7) is 6.67. The summed E-state index contributed by atoms with van der Waals surface area (Å²) in [5, 5.41) is 8.61. The van der Waals surface area contributed by atoms with Gasteiger partial charge in [-0.15, -0.1) is 5.10 Å². The van der Waals surface area contributed by atoms with E-state index in [9.17, 15) is 4.79 Å². The van der Waals surface area contributed by atoms with Gasteiger partial charge in [0.15, 0.2) is 5.82 Å². The lowest BCUT2D eigenvalue weighted by Gasteiger charge is -2.30. The fourth-order valence-electron chi connectivity index (χ4n) is 4.96. The molecule has 2 saturated heterocycles. The molecule has 2 aliphatic rings. The predicted octanol–water partition coefficient (Wildman–Crippen LogP) is 3.44. The molecule has 6 nitrogen and oxygen atoms in total. The zero-order chi connectivity index (χ0) is 20.7. The van der Waals surface area contributed by atoms with E-state index in [1.54, 1.807) is 12.3 Å². The molecule has 2 aliphatic heterocycles. The minimum Gasteiger partial charge on any atom is -0.354 e. The fraction of sp³-hybridized carbons (Fsp3) is 0.333. The molecule has 0 unspecified atom stereocenters. The van der Waals surface area contributed by atoms with Crippen molar-refractivity contribution in [3.05, 3.63) is 83.3 Å². The van der Waals surface area contributed by atoms with E-state index in [4.69, 9.17) is 0 Å². The molecule has 0 saturated carbocycles. The summed E-state index contributed by atoms with van der Waals surface area (Å²) in [6.07, 6.45) is 3.50. The first kappa shape index (κ1) is 18.7. The molecule has 0 radical (unpaired) electrons. The number of likely N-dealkylation sites (tertiary alicyclic amines) is 1. The van der Waals surface area contributed by atoms with Crippen LogP contribution in [-0.4, -0.2) is 45.6 Å². The van der Waals surface area contributed by atoms with Gasteiger partial charge in [-0.25, -0.2) is 0 Å². The second kappa shape index (κ2) is 7.52. The predicted molar refractivity (Wildman–Crippen MR) is 115 cm³/mol. The van der Waals surface area contributed by atoms with Crippen molar-refractivity contribution in [1.82, 2.24) is 20.1 Å². The van der Waals surface area contributed by atoms with Crippen molar-refractivity contribution in [3.8, 4) is 0 Å². The number of carbonyl (C=O) groups is 1. The molecule has 0 N–H and O–H groups in total. The van der Waals surface area contributed by atoms with Gasteiger partial charge in [-0.2, -0.15) is 5.10 Å². The van der Waals surface area contributed by atoms with Crippen molar-refractivity contribution in [2.45, 2.75) is 19.9 Å². The molecule has 2 aromatic heterocycles. The highest BCUT2D eigenvalue weighted by molar-refractivity contribution is 5.92. The van der Waals surface area contributed by atoms with Gasteiger partial charge in [0, 0.05) is 37.7 Å². The van der Waals surface area contributed by atoms with Crippen LogP contribution in [0.3, 0.4) is 0 Å². The Morgan fingerprint density at radius 1 is 1.00 bits per heavy atom. The monoisotopic (exact) mass is 399 g/mol. The topological polar surface area (TPSA) is 62.2 Å². The highest BCUT2D eigenvalue weighted by atomic mass is 16.2. The fourth-order valence-corrected chi connectivity index (χ4v) is 4.96. The maximum absolute atomic E-state index is 13.3. The summed E-state index contributed by atoms with van der Waals surface area (Å²) in [5.41, 5.74) is 4.03. The number of rotatable bonds is 3. The van der Waals surface area contributed by atoms with Gasteiger partial charge in [0.05, 0.1) is 12.2 Å². The van der Waals surface area contributed by atoms with Crippen LogP contribution in [0.15, 0.2) is 60.9 Å². The molecular formula is C24H25N5O. The number of nitrogens with zero attached hydrogens (tertiary/aromatic N) is 5. The van der Waals surface area contributed by atoms with Crippen LogP contribution in [0, 0.1) is 25.7 Å². The van der Waals surface area contributed by atoms with Gasteiger partial charge in [0.2, 0.25) is 0 Å². The Morgan fingerprint density at radius 3 is 2.57 bits per heavy atom. The van der Waals surface area contributed by atoms with E-state index in [0.717, 1.165) is 31.0 Å². The summed E-state index contributed by atoms with van der Waals surface area (Å²) in [7, 11) is 0. The lowest BCUT2D eigenvalue weighted by Crippen LogP contribution is -2.36. The average Bonchev–Trinajstić information content (AvgIpc) is 3.34. The Balaban J connectivity index is 1.48. The molecule has 152 valence electrons. The van der Waals surface area contributed by atoms with Gasteiger partial charge in [-0.3, -0.25) is 9.78 Å². The van der Waals surface area contributed by atoms with Crippen LogP contribution in [0.2, 0.25) is 0 Å². The van der Waals surface area contributed by atoms with Gasteiger partial charge >= 0.3 is 0 Å². The van der Waals surface area contributed by atoms with Crippen LogP contribution >= 0.6 is 0 Å². The zero-order valence-corrected chi connectivity index (χ0v) is 17.3. The largest absolute Gasteiger partial charge is 0.354 e. The Morgan fingerprint density at radius 2 is 1.80 bits per heavy atom. The molecule has 3 atom stereocenters. The molecule has 30 heavy (non-hydrogen) atoms. The van der Waals surface area contributed by atoms with E-state index in [0.29, 0.717) is 17.5 Å². The lowest BCUT2D eigenvalue weighted by atomic mass is 9.89. The van der Waals surface area contributed by atoms with Gasteiger partial charge in [0.1, 0.15) is 5.69 Å². The number of hydrogen-bond acceptors (Lipinski definition) is 5. The molecule has 4 heterocycles. The first-order chi connectivity index (χ1) is 14.6. The van der Waals surface area contributed by atoms with Gasteiger partial charge in [-0.1, -0.05) is 36.4 Å². The highest BCUT2D eigenvalue weighted by Gasteiger charge is 2.49. The van der Waals surface area contributed by atoms with Crippen LogP contribution in [0.4, 0.5) is 5.82 Å². The molecule has 3 aromatic rings. The smallest absolute Gasteiger partial charge is 0.272 e. The van der Waals surface area contributed by atoms with Gasteiger partial charge in [0.25, 0.3) is 5.91 Å². The van der Waals surface area contributed by atoms with Crippen molar-refractivity contribution >= 4 is 11.7 Å². The molecule has 1 amide bonds. The maximum Gasteiger partial charge on any atom is 0.272 e. The Bertz CT molecular complexity index is 1060. The van der Waals surface area contributed by atoms with Gasteiger partial charge in [-0.05, 0) is 42.7 Å². The number of amides is 1. The van der Waals surface area contributed by atoms with E-state index in [1.807, 2.05) is 29.3 Å². The summed E-state index contributed by atoms with van der Waals surface area (Å²) < 4.78 is 0. The minimum absolute atomic E-state index is 0.0110. The minimum atomic E-state index is 0.0110. The number of aromatic nitrogens is 3. The summed E-state index contributed by atoms with van der Waals surface area (Å²) in [6, 6.07) is 15.9.